The summed E-state index contributed by atoms with van der Waals surface area (Å²) in [6.45, 7) is 1.72. The molecular weight excluding hydrogens is 486 g/mol. The smallest absolute Gasteiger partial charge is 0.297 e. The van der Waals surface area contributed by atoms with Gasteiger partial charge in [-0.05, 0) is 42.8 Å². The van der Waals surface area contributed by atoms with Gasteiger partial charge in [-0.15, -0.1) is 0 Å². The molecule has 0 unspecified atom stereocenters. The number of hydrazone groups is 1. The van der Waals surface area contributed by atoms with Crippen LogP contribution >= 0.6 is 11.8 Å². The van der Waals surface area contributed by atoms with E-state index in [-0.39, 0.29) is 22.4 Å². The number of carboxylic acids is 1. The minimum absolute atomic E-state index is 0.0549. The van der Waals surface area contributed by atoms with E-state index in [1.807, 2.05) is 6.07 Å². The molecule has 1 aliphatic rings. The number of benzene rings is 2. The van der Waals surface area contributed by atoms with Crippen LogP contribution in [-0.2, 0) is 16.6 Å². The van der Waals surface area contributed by atoms with E-state index in [0.29, 0.717) is 16.9 Å². The Bertz CT molecular complexity index is 1440. The van der Waals surface area contributed by atoms with Crippen LogP contribution in [-0.4, -0.2) is 55.1 Å². The Labute approximate surface area is 209 Å². The molecule has 2 heterocycles. The van der Waals surface area contributed by atoms with E-state index in [4.69, 9.17) is 4.74 Å². The van der Waals surface area contributed by atoms with Crippen molar-refractivity contribution >= 4 is 40.7 Å². The van der Waals surface area contributed by atoms with Crippen molar-refractivity contribution in [1.82, 2.24) is 14.4 Å². The van der Waals surface area contributed by atoms with Crippen LogP contribution < -0.4 is 15.4 Å². The molecule has 1 fully saturated rings. The van der Waals surface area contributed by atoms with Crippen molar-refractivity contribution in [3.05, 3.63) is 70.1 Å². The third kappa shape index (κ3) is 4.75. The molecule has 3 aromatic rings. The second-order valence-corrected chi connectivity index (χ2v) is 8.98. The molecule has 1 N–H and O–H groups in total. The molecule has 0 aliphatic carbocycles. The molecule has 0 saturated carbocycles. The van der Waals surface area contributed by atoms with E-state index in [0.717, 1.165) is 16.8 Å². The number of aromatic nitrogens is 2. The fourth-order valence-electron chi connectivity index (χ4n) is 3.60. The van der Waals surface area contributed by atoms with Crippen LogP contribution in [0.25, 0.3) is 5.69 Å². The highest BCUT2D eigenvalue weighted by Crippen LogP contribution is 2.32. The minimum Gasteiger partial charge on any atom is -0.550 e. The van der Waals surface area contributed by atoms with Gasteiger partial charge in [0, 0.05) is 19.4 Å². The first-order valence-corrected chi connectivity index (χ1v) is 11.6. The van der Waals surface area contributed by atoms with Crippen LogP contribution in [0.15, 0.2) is 63.4 Å². The third-order valence-electron chi connectivity index (χ3n) is 5.52. The summed E-state index contributed by atoms with van der Waals surface area (Å²) in [6.07, 6.45) is 0.807. The number of aliphatic imine (C=N–C) groups is 1. The lowest BCUT2D eigenvalue weighted by molar-refractivity contribution is -0.305. The number of amides is 1. The summed E-state index contributed by atoms with van der Waals surface area (Å²) in [5.74, 6) is -1.85. The van der Waals surface area contributed by atoms with Crippen LogP contribution in [0.5, 0.6) is 11.5 Å². The van der Waals surface area contributed by atoms with Crippen LogP contribution in [0, 0.1) is 6.92 Å². The molecule has 186 valence electrons. The number of rotatable bonds is 7. The number of thioether (sulfide) groups is 1. The van der Waals surface area contributed by atoms with Crippen LogP contribution in [0.2, 0.25) is 0 Å². The van der Waals surface area contributed by atoms with Crippen LogP contribution in [0.1, 0.15) is 17.7 Å². The van der Waals surface area contributed by atoms with E-state index in [1.54, 1.807) is 49.0 Å². The first-order chi connectivity index (χ1) is 17.2. The number of para-hydroxylation sites is 1. The number of nitrogens with zero attached hydrogens (tertiary/aromatic N) is 5. The van der Waals surface area contributed by atoms with Gasteiger partial charge in [0.25, 0.3) is 11.5 Å². The van der Waals surface area contributed by atoms with Gasteiger partial charge in [-0.2, -0.15) is 10.1 Å². The van der Waals surface area contributed by atoms with Crippen molar-refractivity contribution in [1.29, 1.82) is 0 Å². The number of phenols is 1. The molecule has 0 spiro atoms. The number of aromatic hydroxyl groups is 1. The number of carboxylic acid groups (broad SMARTS) is 1. The van der Waals surface area contributed by atoms with Gasteiger partial charge in [-0.3, -0.25) is 14.3 Å². The Hall–Kier alpha value is -4.32. The molecular formula is C24H22N5O6S-. The topological polar surface area (TPSA) is 142 Å². The molecule has 11 nitrogen and oxygen atoms in total. The zero-order valence-electron chi connectivity index (χ0n) is 19.6. The zero-order chi connectivity index (χ0) is 26.0. The van der Waals surface area contributed by atoms with Gasteiger partial charge in [0.05, 0.1) is 30.0 Å². The maximum Gasteiger partial charge on any atom is 0.297 e. The number of methoxy groups -OCH3 is 1. The number of phenolic OH excluding ortho intramolecular Hbond substituents is 1. The number of amidine groups is 1. The summed E-state index contributed by atoms with van der Waals surface area (Å²) in [6, 6.07) is 13.5. The van der Waals surface area contributed by atoms with Gasteiger partial charge < -0.3 is 19.7 Å². The molecule has 4 rings (SSSR count). The second-order valence-electron chi connectivity index (χ2n) is 7.81. The Kier molecular flexibility index (Phi) is 6.97. The van der Waals surface area contributed by atoms with Crippen LogP contribution in [0.3, 0.4) is 0 Å². The summed E-state index contributed by atoms with van der Waals surface area (Å²) < 4.78 is 8.18. The Morgan fingerprint density at radius 2 is 1.94 bits per heavy atom. The van der Waals surface area contributed by atoms with E-state index in [1.165, 1.54) is 30.1 Å². The lowest BCUT2D eigenvalue weighted by Crippen LogP contribution is -2.32. The van der Waals surface area contributed by atoms with Gasteiger partial charge in [0.15, 0.2) is 22.4 Å². The Morgan fingerprint density at radius 1 is 1.22 bits per heavy atom. The molecule has 1 atom stereocenters. The normalized spacial score (nSPS) is 16.9. The van der Waals surface area contributed by atoms with Gasteiger partial charge in [-0.25, -0.2) is 9.67 Å². The average molecular weight is 509 g/mol. The monoisotopic (exact) mass is 508 g/mol. The largest absolute Gasteiger partial charge is 0.550 e. The standard InChI is InChI=1S/C24H23N5O6S/c1-14-21(23(34)29(27(14)2)16-7-5-4-6-8-16)26-24-28(22(33)19(36-24)12-20(31)32)25-13-15-9-10-17(30)18(11-15)35-3/h4-11,13,19,30H,12H2,1-3H3,(H,31,32)/p-1/b25-13+,26-24?/t19-/m0/s1. The summed E-state index contributed by atoms with van der Waals surface area (Å²) in [7, 11) is 3.11. The summed E-state index contributed by atoms with van der Waals surface area (Å²) in [5, 5.41) is 25.2. The maximum atomic E-state index is 13.3. The molecule has 2 aromatic carbocycles. The SMILES string of the molecule is COc1cc(/C=N/N2C(=O)[C@H](CC(=O)[O-])SC2=Nc2c(C)n(C)n(-c3ccccc3)c2=O)ccc1O. The Balaban J connectivity index is 1.76. The molecule has 0 radical (unpaired) electrons. The predicted octanol–water partition coefficient (Wildman–Crippen LogP) is 1.30. The van der Waals surface area contributed by atoms with E-state index < -0.39 is 29.1 Å². The second kappa shape index (κ2) is 10.1. The third-order valence-corrected chi connectivity index (χ3v) is 6.65. The Morgan fingerprint density at radius 3 is 2.61 bits per heavy atom. The molecule has 0 bridgehead atoms. The quantitative estimate of drug-likeness (QED) is 0.474. The van der Waals surface area contributed by atoms with Crippen molar-refractivity contribution in [2.75, 3.05) is 7.11 Å². The first kappa shape index (κ1) is 24.8. The highest BCUT2D eigenvalue weighted by Gasteiger charge is 2.39. The number of aliphatic carboxylic acids is 1. The van der Waals surface area contributed by atoms with E-state index in [9.17, 15) is 24.6 Å². The molecule has 1 aliphatic heterocycles. The molecule has 36 heavy (non-hydrogen) atoms. The molecule has 12 heteroatoms. The van der Waals surface area contributed by atoms with E-state index in [2.05, 4.69) is 10.1 Å². The number of carbonyl (C=O) groups excluding carboxylic acids is 2. The van der Waals surface area contributed by atoms with Gasteiger partial charge in [0.2, 0.25) is 0 Å². The fraction of sp³-hybridized carbons (Fsp3) is 0.208. The molecule has 1 amide bonds. The molecule has 1 saturated heterocycles. The summed E-state index contributed by atoms with van der Waals surface area (Å²) >= 11 is 0.893. The van der Waals surface area contributed by atoms with Crippen molar-refractivity contribution in [3.8, 4) is 17.2 Å². The number of hydrogen-bond acceptors (Lipinski definition) is 9. The highest BCUT2D eigenvalue weighted by atomic mass is 32.2. The van der Waals surface area contributed by atoms with Crippen molar-refractivity contribution in [3.63, 3.8) is 0 Å². The summed E-state index contributed by atoms with van der Waals surface area (Å²) in [5.41, 5.74) is 1.38. The molecule has 1 aromatic heterocycles. The lowest BCUT2D eigenvalue weighted by atomic mass is 10.2. The fourth-order valence-corrected chi connectivity index (χ4v) is 4.65. The van der Waals surface area contributed by atoms with E-state index >= 15 is 0 Å². The van der Waals surface area contributed by atoms with Crippen molar-refractivity contribution in [2.24, 2.45) is 17.1 Å². The number of carbonyl (C=O) groups is 2. The maximum absolute atomic E-state index is 13.3. The van der Waals surface area contributed by atoms with Gasteiger partial charge in [0.1, 0.15) is 0 Å². The number of hydrogen-bond donors (Lipinski definition) is 1. The van der Waals surface area contributed by atoms with Crippen LogP contribution in [0.4, 0.5) is 5.69 Å². The minimum atomic E-state index is -1.39. The highest BCUT2D eigenvalue weighted by molar-refractivity contribution is 8.15. The van der Waals surface area contributed by atoms with Gasteiger partial charge >= 0.3 is 0 Å². The van der Waals surface area contributed by atoms with Crippen molar-refractivity contribution in [2.45, 2.75) is 18.6 Å². The van der Waals surface area contributed by atoms with Crippen molar-refractivity contribution < 1.29 is 24.5 Å². The number of ether oxygens (including phenoxy) is 1. The zero-order valence-corrected chi connectivity index (χ0v) is 20.4. The average Bonchev–Trinajstić information content (AvgIpc) is 3.26. The first-order valence-electron chi connectivity index (χ1n) is 10.8. The summed E-state index contributed by atoms with van der Waals surface area (Å²) in [4.78, 5) is 41.9. The lowest BCUT2D eigenvalue weighted by Gasteiger charge is -2.10. The van der Waals surface area contributed by atoms with Gasteiger partial charge in [-0.1, -0.05) is 30.0 Å². The predicted molar refractivity (Wildman–Crippen MR) is 133 cm³/mol.